The van der Waals surface area contributed by atoms with Gasteiger partial charge in [0, 0.05) is 21.8 Å². The summed E-state index contributed by atoms with van der Waals surface area (Å²) in [5.74, 6) is -0.536. The van der Waals surface area contributed by atoms with Crippen LogP contribution in [0.2, 0.25) is 10.0 Å². The van der Waals surface area contributed by atoms with E-state index < -0.39 is 24.1 Å². The van der Waals surface area contributed by atoms with Crippen LogP contribution < -0.4 is 10.1 Å². The lowest BCUT2D eigenvalue weighted by Crippen LogP contribution is -2.32. The Morgan fingerprint density at radius 3 is 2.80 bits per heavy atom. The van der Waals surface area contributed by atoms with Crippen molar-refractivity contribution in [2.45, 2.75) is 25.6 Å². The minimum atomic E-state index is -1.07. The number of carbonyl (C=O) groups is 2. The summed E-state index contributed by atoms with van der Waals surface area (Å²) in [6.45, 7) is 5.82. The van der Waals surface area contributed by atoms with Crippen LogP contribution in [0.25, 0.3) is 0 Å². The third-order valence-electron chi connectivity index (χ3n) is 4.44. The molecule has 0 fully saturated rings. The number of amides is 1. The molecule has 1 N–H and O–H groups in total. The molecule has 0 aliphatic carbocycles. The summed E-state index contributed by atoms with van der Waals surface area (Å²) in [4.78, 5) is 24.7. The van der Waals surface area contributed by atoms with Crippen molar-refractivity contribution in [3.05, 3.63) is 70.2 Å². The molecule has 1 unspecified atom stereocenters. The van der Waals surface area contributed by atoms with Gasteiger partial charge in [-0.1, -0.05) is 48.0 Å². The molecule has 0 spiro atoms. The molecule has 0 bridgehead atoms. The summed E-state index contributed by atoms with van der Waals surface area (Å²) in [5, 5.41) is 3.60. The van der Waals surface area contributed by atoms with Crippen LogP contribution in [0.5, 0.6) is 5.75 Å². The Labute approximate surface area is 184 Å². The van der Waals surface area contributed by atoms with Crippen LogP contribution in [0.3, 0.4) is 0 Å². The maximum atomic E-state index is 12.7. The van der Waals surface area contributed by atoms with Gasteiger partial charge in [-0.05, 0) is 31.2 Å². The SMILES string of the molecule is C=CCOc1cccc(C2O[C@H](CC(=O)OCC)C(=O)Nc3ccc(Cl)cc32)c1Cl. The maximum Gasteiger partial charge on any atom is 0.308 e. The first-order valence-corrected chi connectivity index (χ1v) is 10.1. The second kappa shape index (κ2) is 9.98. The number of hydrogen-bond acceptors (Lipinski definition) is 5. The van der Waals surface area contributed by atoms with Crippen LogP contribution in [-0.4, -0.2) is 31.2 Å². The molecule has 2 atom stereocenters. The van der Waals surface area contributed by atoms with Crippen molar-refractivity contribution in [2.24, 2.45) is 0 Å². The van der Waals surface area contributed by atoms with Crippen LogP contribution in [0.15, 0.2) is 49.1 Å². The second-order valence-corrected chi connectivity index (χ2v) is 7.31. The lowest BCUT2D eigenvalue weighted by atomic mass is 9.99. The number of anilines is 1. The lowest BCUT2D eigenvalue weighted by Gasteiger charge is -2.23. The maximum absolute atomic E-state index is 12.7. The van der Waals surface area contributed by atoms with E-state index in [0.29, 0.717) is 32.6 Å². The van der Waals surface area contributed by atoms with Crippen LogP contribution in [0, 0.1) is 0 Å². The molecule has 0 aromatic heterocycles. The third kappa shape index (κ3) is 4.95. The van der Waals surface area contributed by atoms with Gasteiger partial charge in [-0.2, -0.15) is 0 Å². The zero-order valence-corrected chi connectivity index (χ0v) is 17.8. The van der Waals surface area contributed by atoms with E-state index in [1.165, 1.54) is 0 Å². The third-order valence-corrected chi connectivity index (χ3v) is 5.08. The van der Waals surface area contributed by atoms with Crippen molar-refractivity contribution in [3.63, 3.8) is 0 Å². The predicted molar refractivity (Wildman–Crippen MR) is 115 cm³/mol. The summed E-state index contributed by atoms with van der Waals surface area (Å²) in [6.07, 6.45) is -0.466. The standard InChI is InChI=1S/C22H21Cl2NO5/c1-3-10-29-17-7-5-6-14(20(17)24)21-15-11-13(23)8-9-16(15)25-22(27)18(30-21)12-19(26)28-4-2/h3,5-9,11,18,21H,1,4,10,12H2,2H3,(H,25,27)/t18-,21?/m1/s1. The lowest BCUT2D eigenvalue weighted by molar-refractivity contribution is -0.150. The number of fused-ring (bicyclic) bond motifs is 1. The van der Waals surface area contributed by atoms with E-state index in [-0.39, 0.29) is 19.6 Å². The van der Waals surface area contributed by atoms with Crippen molar-refractivity contribution in [3.8, 4) is 5.75 Å². The molecule has 1 aliphatic rings. The number of benzene rings is 2. The number of ether oxygens (including phenoxy) is 3. The molecule has 8 heteroatoms. The molecular formula is C22H21Cl2NO5. The molecule has 1 amide bonds. The largest absolute Gasteiger partial charge is 0.488 e. The summed E-state index contributed by atoms with van der Waals surface area (Å²) in [7, 11) is 0. The van der Waals surface area contributed by atoms with E-state index in [2.05, 4.69) is 11.9 Å². The Kier molecular flexibility index (Phi) is 7.37. The molecule has 30 heavy (non-hydrogen) atoms. The van der Waals surface area contributed by atoms with Gasteiger partial charge in [-0.15, -0.1) is 0 Å². The first-order valence-electron chi connectivity index (χ1n) is 9.38. The number of hydrogen-bond donors (Lipinski definition) is 1. The molecule has 1 heterocycles. The van der Waals surface area contributed by atoms with Crippen molar-refractivity contribution >= 4 is 40.8 Å². The quantitative estimate of drug-likeness (QED) is 0.478. The molecule has 2 aromatic carbocycles. The first kappa shape index (κ1) is 22.2. The van der Waals surface area contributed by atoms with Gasteiger partial charge in [-0.3, -0.25) is 9.59 Å². The Hall–Kier alpha value is -2.54. The molecule has 2 aromatic rings. The molecule has 6 nitrogen and oxygen atoms in total. The fraction of sp³-hybridized carbons (Fsp3) is 0.273. The van der Waals surface area contributed by atoms with E-state index in [1.54, 1.807) is 49.4 Å². The molecule has 0 radical (unpaired) electrons. The Bertz CT molecular complexity index is 963. The number of esters is 1. The van der Waals surface area contributed by atoms with Gasteiger partial charge in [0.1, 0.15) is 24.6 Å². The summed E-state index contributed by atoms with van der Waals surface area (Å²) < 4.78 is 16.7. The Morgan fingerprint density at radius 2 is 2.07 bits per heavy atom. The topological polar surface area (TPSA) is 73.9 Å². The van der Waals surface area contributed by atoms with Crippen molar-refractivity contribution < 1.29 is 23.8 Å². The number of nitrogens with one attached hydrogen (secondary N) is 1. The highest BCUT2D eigenvalue weighted by atomic mass is 35.5. The normalized spacial score (nSPS) is 18.0. The van der Waals surface area contributed by atoms with Crippen LogP contribution in [0.4, 0.5) is 5.69 Å². The highest BCUT2D eigenvalue weighted by molar-refractivity contribution is 6.33. The fourth-order valence-corrected chi connectivity index (χ4v) is 3.58. The Morgan fingerprint density at radius 1 is 1.27 bits per heavy atom. The van der Waals surface area contributed by atoms with Crippen LogP contribution in [0.1, 0.15) is 30.6 Å². The van der Waals surface area contributed by atoms with Gasteiger partial charge < -0.3 is 19.5 Å². The molecule has 3 rings (SSSR count). The van der Waals surface area contributed by atoms with Crippen LogP contribution in [-0.2, 0) is 19.1 Å². The summed E-state index contributed by atoms with van der Waals surface area (Å²) in [6, 6.07) is 10.3. The van der Waals surface area contributed by atoms with Crippen LogP contribution >= 0.6 is 23.2 Å². The van der Waals surface area contributed by atoms with E-state index in [4.69, 9.17) is 37.4 Å². The number of rotatable bonds is 7. The molecule has 158 valence electrons. The van der Waals surface area contributed by atoms with Crippen molar-refractivity contribution in [2.75, 3.05) is 18.5 Å². The predicted octanol–water partition coefficient (Wildman–Crippen LogP) is 4.94. The first-order chi connectivity index (χ1) is 14.4. The van der Waals surface area contributed by atoms with Crippen molar-refractivity contribution in [1.82, 2.24) is 0 Å². The summed E-state index contributed by atoms with van der Waals surface area (Å²) >= 11 is 12.8. The minimum absolute atomic E-state index is 0.209. The second-order valence-electron chi connectivity index (χ2n) is 6.49. The van der Waals surface area contributed by atoms with E-state index >= 15 is 0 Å². The Balaban J connectivity index is 2.05. The smallest absolute Gasteiger partial charge is 0.308 e. The molecule has 1 aliphatic heterocycles. The van der Waals surface area contributed by atoms with E-state index in [1.807, 2.05) is 0 Å². The number of halogens is 2. The van der Waals surface area contributed by atoms with Gasteiger partial charge in [0.05, 0.1) is 18.1 Å². The molecule has 0 saturated heterocycles. The van der Waals surface area contributed by atoms with Crippen molar-refractivity contribution in [1.29, 1.82) is 0 Å². The molecule has 0 saturated carbocycles. The summed E-state index contributed by atoms with van der Waals surface area (Å²) in [5.41, 5.74) is 1.71. The zero-order valence-electron chi connectivity index (χ0n) is 16.3. The van der Waals surface area contributed by atoms with E-state index in [9.17, 15) is 9.59 Å². The highest BCUT2D eigenvalue weighted by Gasteiger charge is 2.34. The average Bonchev–Trinajstić information content (AvgIpc) is 2.84. The highest BCUT2D eigenvalue weighted by Crippen LogP contribution is 2.42. The zero-order chi connectivity index (χ0) is 21.7. The van der Waals surface area contributed by atoms with Gasteiger partial charge in [-0.25, -0.2) is 0 Å². The monoisotopic (exact) mass is 449 g/mol. The van der Waals surface area contributed by atoms with Gasteiger partial charge in [0.25, 0.3) is 5.91 Å². The fourth-order valence-electron chi connectivity index (χ4n) is 3.12. The van der Waals surface area contributed by atoms with Gasteiger partial charge >= 0.3 is 5.97 Å². The van der Waals surface area contributed by atoms with Gasteiger partial charge in [0.15, 0.2) is 0 Å². The number of carbonyl (C=O) groups excluding carboxylic acids is 2. The van der Waals surface area contributed by atoms with E-state index in [0.717, 1.165) is 0 Å². The average molecular weight is 450 g/mol. The minimum Gasteiger partial charge on any atom is -0.488 e. The van der Waals surface area contributed by atoms with Gasteiger partial charge in [0.2, 0.25) is 0 Å². The molecular weight excluding hydrogens is 429 g/mol.